The fraction of sp³-hybridized carbons (Fsp3) is 0.333. The van der Waals surface area contributed by atoms with Crippen molar-refractivity contribution in [3.8, 4) is 0 Å². The van der Waals surface area contributed by atoms with E-state index in [1.807, 2.05) is 24.3 Å². The van der Waals surface area contributed by atoms with E-state index in [2.05, 4.69) is 4.98 Å². The van der Waals surface area contributed by atoms with E-state index in [0.717, 1.165) is 10.9 Å². The number of aliphatic hydroxyl groups is 1. The minimum absolute atomic E-state index is 0.384. The van der Waals surface area contributed by atoms with Crippen LogP contribution in [0.3, 0.4) is 0 Å². The topological polar surface area (TPSA) is 70.4 Å². The molecule has 3 unspecified atom stereocenters. The van der Waals surface area contributed by atoms with Crippen LogP contribution in [0.1, 0.15) is 25.5 Å². The second-order valence-electron chi connectivity index (χ2n) is 4.85. The number of carboxylic acids is 1. The van der Waals surface area contributed by atoms with E-state index in [4.69, 9.17) is 5.11 Å². The molecular formula is C15H17NO3. The van der Waals surface area contributed by atoms with Gasteiger partial charge < -0.3 is 10.2 Å². The molecule has 4 nitrogen and oxygen atoms in total. The Hall–Kier alpha value is -1.94. The summed E-state index contributed by atoms with van der Waals surface area (Å²) in [6.07, 6.45) is 0.828. The van der Waals surface area contributed by atoms with Crippen LogP contribution in [0, 0.1) is 11.8 Å². The molecule has 0 saturated carbocycles. The Morgan fingerprint density at radius 1 is 1.21 bits per heavy atom. The van der Waals surface area contributed by atoms with E-state index >= 15 is 0 Å². The molecule has 1 aromatic carbocycles. The summed E-state index contributed by atoms with van der Waals surface area (Å²) in [6, 6.07) is 9.32. The van der Waals surface area contributed by atoms with Gasteiger partial charge in [0.2, 0.25) is 0 Å². The van der Waals surface area contributed by atoms with Crippen LogP contribution in [0.2, 0.25) is 0 Å². The minimum atomic E-state index is -0.903. The highest BCUT2D eigenvalue weighted by molar-refractivity contribution is 5.82. The van der Waals surface area contributed by atoms with E-state index in [0.29, 0.717) is 5.56 Å². The predicted octanol–water partition coefficient (Wildman–Crippen LogP) is 2.63. The SMILES string of the molecule is CC(C(=O)O)C(C)C(O)c1cccc2cccnc12. The van der Waals surface area contributed by atoms with Crippen molar-refractivity contribution in [1.29, 1.82) is 0 Å². The molecule has 0 bridgehead atoms. The van der Waals surface area contributed by atoms with Crippen LogP contribution in [0.15, 0.2) is 36.5 Å². The molecule has 0 spiro atoms. The first-order valence-corrected chi connectivity index (χ1v) is 6.27. The highest BCUT2D eigenvalue weighted by Gasteiger charge is 2.28. The summed E-state index contributed by atoms with van der Waals surface area (Å²) in [5.41, 5.74) is 1.40. The van der Waals surface area contributed by atoms with Gasteiger partial charge in [-0.3, -0.25) is 9.78 Å². The second-order valence-corrected chi connectivity index (χ2v) is 4.85. The largest absolute Gasteiger partial charge is 0.481 e. The smallest absolute Gasteiger partial charge is 0.306 e. The monoisotopic (exact) mass is 259 g/mol. The summed E-state index contributed by atoms with van der Waals surface area (Å²) >= 11 is 0. The molecule has 1 aromatic heterocycles. The van der Waals surface area contributed by atoms with Gasteiger partial charge in [0.1, 0.15) is 0 Å². The Balaban J connectivity index is 2.41. The quantitative estimate of drug-likeness (QED) is 0.885. The summed E-state index contributed by atoms with van der Waals surface area (Å²) < 4.78 is 0. The zero-order valence-electron chi connectivity index (χ0n) is 10.9. The van der Waals surface area contributed by atoms with Crippen LogP contribution in [0.25, 0.3) is 10.9 Å². The Kier molecular flexibility index (Phi) is 3.81. The maximum atomic E-state index is 11.0. The Morgan fingerprint density at radius 3 is 2.58 bits per heavy atom. The zero-order chi connectivity index (χ0) is 14.0. The number of hydrogen-bond acceptors (Lipinski definition) is 3. The highest BCUT2D eigenvalue weighted by Crippen LogP contribution is 2.31. The highest BCUT2D eigenvalue weighted by atomic mass is 16.4. The number of rotatable bonds is 4. The van der Waals surface area contributed by atoms with Crippen molar-refractivity contribution in [2.75, 3.05) is 0 Å². The second kappa shape index (κ2) is 5.36. The van der Waals surface area contributed by atoms with Crippen LogP contribution in [-0.2, 0) is 4.79 Å². The van der Waals surface area contributed by atoms with Crippen LogP contribution < -0.4 is 0 Å². The number of aliphatic carboxylic acids is 1. The van der Waals surface area contributed by atoms with Crippen molar-refractivity contribution >= 4 is 16.9 Å². The molecule has 2 rings (SSSR count). The Morgan fingerprint density at radius 2 is 1.89 bits per heavy atom. The first-order valence-electron chi connectivity index (χ1n) is 6.27. The molecule has 4 heteroatoms. The summed E-state index contributed by atoms with van der Waals surface area (Å²) in [5.74, 6) is -1.90. The minimum Gasteiger partial charge on any atom is -0.481 e. The summed E-state index contributed by atoms with van der Waals surface area (Å²) in [5, 5.41) is 20.4. The van der Waals surface area contributed by atoms with Gasteiger partial charge in [-0.1, -0.05) is 38.1 Å². The van der Waals surface area contributed by atoms with E-state index in [9.17, 15) is 9.90 Å². The molecule has 0 saturated heterocycles. The van der Waals surface area contributed by atoms with Crippen molar-refractivity contribution in [3.05, 3.63) is 42.1 Å². The molecular weight excluding hydrogens is 242 g/mol. The van der Waals surface area contributed by atoms with Crippen molar-refractivity contribution in [3.63, 3.8) is 0 Å². The molecule has 0 radical (unpaired) electrons. The Bertz CT molecular complexity index is 591. The molecule has 0 fully saturated rings. The fourth-order valence-corrected chi connectivity index (χ4v) is 2.15. The molecule has 100 valence electrons. The number of benzene rings is 1. The first kappa shape index (κ1) is 13.5. The van der Waals surface area contributed by atoms with Crippen LogP contribution in [-0.4, -0.2) is 21.2 Å². The van der Waals surface area contributed by atoms with Crippen LogP contribution >= 0.6 is 0 Å². The zero-order valence-corrected chi connectivity index (χ0v) is 10.9. The van der Waals surface area contributed by atoms with Crippen molar-refractivity contribution < 1.29 is 15.0 Å². The maximum Gasteiger partial charge on any atom is 0.306 e. The molecule has 0 aliphatic heterocycles. The van der Waals surface area contributed by atoms with E-state index < -0.39 is 18.0 Å². The summed E-state index contributed by atoms with van der Waals surface area (Å²) in [6.45, 7) is 3.35. The standard InChI is InChI=1S/C15H17NO3/c1-9(10(2)15(18)19)14(17)12-7-3-5-11-6-4-8-16-13(11)12/h3-10,14,17H,1-2H3,(H,18,19). The molecule has 3 atom stereocenters. The first-order chi connectivity index (χ1) is 9.02. The number of nitrogens with zero attached hydrogens (tertiary/aromatic N) is 1. The lowest BCUT2D eigenvalue weighted by molar-refractivity contribution is -0.144. The summed E-state index contributed by atoms with van der Waals surface area (Å²) in [4.78, 5) is 15.3. The lowest BCUT2D eigenvalue weighted by atomic mass is 9.86. The van der Waals surface area contributed by atoms with E-state index in [1.54, 1.807) is 26.1 Å². The normalized spacial score (nSPS) is 15.9. The third-order valence-electron chi connectivity index (χ3n) is 3.66. The number of pyridine rings is 1. The van der Waals surface area contributed by atoms with Gasteiger partial charge in [-0.05, 0) is 12.0 Å². The van der Waals surface area contributed by atoms with Crippen molar-refractivity contribution in [1.82, 2.24) is 4.98 Å². The Labute approximate surface area is 111 Å². The molecule has 1 heterocycles. The average molecular weight is 259 g/mol. The number of fused-ring (bicyclic) bond motifs is 1. The molecule has 0 amide bonds. The number of aromatic nitrogens is 1. The fourth-order valence-electron chi connectivity index (χ4n) is 2.15. The number of aliphatic hydroxyl groups excluding tert-OH is 1. The molecule has 2 N–H and O–H groups in total. The van der Waals surface area contributed by atoms with Crippen molar-refractivity contribution in [2.45, 2.75) is 20.0 Å². The average Bonchev–Trinajstić information content (AvgIpc) is 2.44. The van der Waals surface area contributed by atoms with Crippen LogP contribution in [0.4, 0.5) is 0 Å². The molecule has 0 aliphatic rings. The number of carboxylic acid groups (broad SMARTS) is 1. The summed E-state index contributed by atoms with van der Waals surface area (Å²) in [7, 11) is 0. The number of carbonyl (C=O) groups is 1. The lowest BCUT2D eigenvalue weighted by Crippen LogP contribution is -2.24. The van der Waals surface area contributed by atoms with Gasteiger partial charge in [0.25, 0.3) is 0 Å². The molecule has 2 aromatic rings. The van der Waals surface area contributed by atoms with Gasteiger partial charge in [0.05, 0.1) is 17.5 Å². The predicted molar refractivity (Wildman–Crippen MR) is 72.7 cm³/mol. The number of hydrogen-bond donors (Lipinski definition) is 2. The third-order valence-corrected chi connectivity index (χ3v) is 3.66. The third kappa shape index (κ3) is 2.58. The maximum absolute atomic E-state index is 11.0. The van der Waals surface area contributed by atoms with Gasteiger partial charge in [-0.2, -0.15) is 0 Å². The number of para-hydroxylation sites is 1. The van der Waals surface area contributed by atoms with Crippen molar-refractivity contribution in [2.24, 2.45) is 11.8 Å². The van der Waals surface area contributed by atoms with Gasteiger partial charge in [0, 0.05) is 17.1 Å². The molecule has 19 heavy (non-hydrogen) atoms. The van der Waals surface area contributed by atoms with E-state index in [-0.39, 0.29) is 5.92 Å². The van der Waals surface area contributed by atoms with Crippen LogP contribution in [0.5, 0.6) is 0 Å². The van der Waals surface area contributed by atoms with Gasteiger partial charge >= 0.3 is 5.97 Å². The molecule has 0 aliphatic carbocycles. The van der Waals surface area contributed by atoms with Gasteiger partial charge in [0.15, 0.2) is 0 Å². The lowest BCUT2D eigenvalue weighted by Gasteiger charge is -2.23. The van der Waals surface area contributed by atoms with Gasteiger partial charge in [-0.15, -0.1) is 0 Å². The van der Waals surface area contributed by atoms with Gasteiger partial charge in [-0.25, -0.2) is 0 Å². The van der Waals surface area contributed by atoms with E-state index in [1.165, 1.54) is 0 Å².